The lowest BCUT2D eigenvalue weighted by Crippen LogP contribution is -2.45. The van der Waals surface area contributed by atoms with E-state index >= 15 is 0 Å². The van der Waals surface area contributed by atoms with Crippen LogP contribution in [0.3, 0.4) is 0 Å². The summed E-state index contributed by atoms with van der Waals surface area (Å²) in [6, 6.07) is 6.93. The summed E-state index contributed by atoms with van der Waals surface area (Å²) >= 11 is 0. The highest BCUT2D eigenvalue weighted by molar-refractivity contribution is 5.91. The standard InChI is InChI=1S/C35H55N3O8/c1-23(2)29-22-44-18-16-30(40)37-27-14-12-24(13-15-27)19-26(31(41)38-29)21-28(39)20-25(32(42)45-34(3,4)5)11-9-10-17-36-33(43)46-35(6,7)8/h12-15,23,25-26,29H,9-11,16-22H2,1-8H3,(H,36,43)(H,37,40)(H,38,41)/t25?,26-,29+/m0/s1. The van der Waals surface area contributed by atoms with Crippen molar-refractivity contribution in [3.8, 4) is 0 Å². The van der Waals surface area contributed by atoms with Crippen LogP contribution in [0.25, 0.3) is 0 Å². The normalized spacial score (nSPS) is 18.9. The second-order valence-electron chi connectivity index (χ2n) is 14.4. The molecule has 258 valence electrons. The van der Waals surface area contributed by atoms with Gasteiger partial charge in [-0.25, -0.2) is 4.79 Å². The summed E-state index contributed by atoms with van der Waals surface area (Å²) in [5.41, 5.74) is 0.167. The Kier molecular flexibility index (Phi) is 15.2. The number of rotatable bonds is 11. The number of ketones is 1. The number of hydrogen-bond acceptors (Lipinski definition) is 8. The quantitative estimate of drug-likeness (QED) is 0.216. The molecule has 0 fully saturated rings. The molecule has 0 saturated carbocycles. The number of hydrogen-bond donors (Lipinski definition) is 3. The molecule has 0 saturated heterocycles. The van der Waals surface area contributed by atoms with Gasteiger partial charge in [0.1, 0.15) is 17.0 Å². The summed E-state index contributed by atoms with van der Waals surface area (Å²) in [6.07, 6.45) is 1.46. The summed E-state index contributed by atoms with van der Waals surface area (Å²) in [7, 11) is 0. The van der Waals surface area contributed by atoms with Crippen LogP contribution < -0.4 is 16.0 Å². The van der Waals surface area contributed by atoms with Gasteiger partial charge in [0, 0.05) is 31.0 Å². The van der Waals surface area contributed by atoms with Crippen molar-refractivity contribution in [2.75, 3.05) is 25.1 Å². The number of nitrogens with one attached hydrogen (secondary N) is 3. The average molecular weight is 646 g/mol. The Morgan fingerprint density at radius 2 is 1.63 bits per heavy atom. The van der Waals surface area contributed by atoms with Crippen molar-refractivity contribution in [2.45, 2.75) is 118 Å². The Labute approximate surface area is 274 Å². The Hall–Kier alpha value is -3.47. The van der Waals surface area contributed by atoms with E-state index < -0.39 is 35.1 Å². The van der Waals surface area contributed by atoms with Crippen LogP contribution in [-0.4, -0.2) is 66.7 Å². The van der Waals surface area contributed by atoms with Gasteiger partial charge in [0.15, 0.2) is 0 Å². The van der Waals surface area contributed by atoms with Crippen LogP contribution in [0, 0.1) is 17.8 Å². The maximum atomic E-state index is 13.6. The Balaban J connectivity index is 2.15. The summed E-state index contributed by atoms with van der Waals surface area (Å²) < 4.78 is 16.6. The molecular weight excluding hydrogens is 590 g/mol. The van der Waals surface area contributed by atoms with Crippen LogP contribution in [0.2, 0.25) is 0 Å². The van der Waals surface area contributed by atoms with E-state index in [0.29, 0.717) is 37.9 Å². The number of alkyl carbamates (subject to hydrolysis) is 1. The molecule has 1 aromatic carbocycles. The Bertz CT molecular complexity index is 1170. The van der Waals surface area contributed by atoms with E-state index in [9.17, 15) is 24.0 Å². The maximum Gasteiger partial charge on any atom is 0.407 e. The highest BCUT2D eigenvalue weighted by atomic mass is 16.6. The number of Topliss-reactive ketones (excluding diaryl/α,β-unsaturated/α-hetero) is 1. The van der Waals surface area contributed by atoms with E-state index in [2.05, 4.69) is 16.0 Å². The molecule has 2 aliphatic heterocycles. The van der Waals surface area contributed by atoms with Gasteiger partial charge in [-0.15, -0.1) is 0 Å². The van der Waals surface area contributed by atoms with Crippen LogP contribution >= 0.6 is 0 Å². The van der Waals surface area contributed by atoms with Crippen LogP contribution in [-0.2, 0) is 39.8 Å². The monoisotopic (exact) mass is 645 g/mol. The zero-order valence-corrected chi connectivity index (χ0v) is 29.0. The van der Waals surface area contributed by atoms with Crippen LogP contribution in [0.4, 0.5) is 10.5 Å². The minimum absolute atomic E-state index is 0.0461. The van der Waals surface area contributed by atoms with Gasteiger partial charge >= 0.3 is 12.1 Å². The number of carbonyl (C=O) groups is 5. The number of esters is 1. The molecule has 46 heavy (non-hydrogen) atoms. The van der Waals surface area contributed by atoms with E-state index in [-0.39, 0.29) is 62.0 Å². The molecule has 3 amide bonds. The van der Waals surface area contributed by atoms with Crippen molar-refractivity contribution in [1.82, 2.24) is 10.6 Å². The van der Waals surface area contributed by atoms with Crippen LogP contribution in [0.15, 0.2) is 24.3 Å². The van der Waals surface area contributed by atoms with Crippen LogP contribution in [0.1, 0.15) is 99.5 Å². The first-order valence-electron chi connectivity index (χ1n) is 16.4. The number of amides is 3. The van der Waals surface area contributed by atoms with Gasteiger partial charge in [-0.05, 0) is 84.4 Å². The molecule has 0 aromatic heterocycles. The van der Waals surface area contributed by atoms with Crippen molar-refractivity contribution < 1.29 is 38.2 Å². The molecule has 3 rings (SSSR count). The third kappa shape index (κ3) is 15.7. The van der Waals surface area contributed by atoms with Gasteiger partial charge in [0.25, 0.3) is 0 Å². The lowest BCUT2D eigenvalue weighted by Gasteiger charge is -2.26. The third-order valence-corrected chi connectivity index (χ3v) is 7.33. The lowest BCUT2D eigenvalue weighted by molar-refractivity contribution is -0.161. The summed E-state index contributed by atoms with van der Waals surface area (Å²) in [5.74, 6) is -2.37. The summed E-state index contributed by atoms with van der Waals surface area (Å²) in [6.45, 7) is 15.5. The minimum Gasteiger partial charge on any atom is -0.460 e. The molecular formula is C35H55N3O8. The van der Waals surface area contributed by atoms with E-state index in [1.54, 1.807) is 53.7 Å². The zero-order valence-electron chi connectivity index (χ0n) is 29.0. The molecule has 1 aromatic rings. The number of ether oxygens (including phenoxy) is 3. The predicted octanol–water partition coefficient (Wildman–Crippen LogP) is 5.35. The van der Waals surface area contributed by atoms with E-state index in [1.807, 2.05) is 26.0 Å². The van der Waals surface area contributed by atoms with E-state index in [0.717, 1.165) is 5.56 Å². The zero-order chi connectivity index (χ0) is 34.5. The Morgan fingerprint density at radius 3 is 2.24 bits per heavy atom. The Morgan fingerprint density at radius 1 is 0.978 bits per heavy atom. The van der Waals surface area contributed by atoms with Crippen molar-refractivity contribution in [2.24, 2.45) is 17.8 Å². The molecule has 2 heterocycles. The molecule has 11 heteroatoms. The minimum atomic E-state index is -0.722. The van der Waals surface area contributed by atoms with Crippen molar-refractivity contribution >= 4 is 35.3 Å². The number of anilines is 1. The molecule has 2 bridgehead atoms. The number of unbranched alkanes of at least 4 members (excludes halogenated alkanes) is 1. The first kappa shape index (κ1) is 38.7. The molecule has 2 aliphatic rings. The van der Waals surface area contributed by atoms with Gasteiger partial charge < -0.3 is 30.2 Å². The van der Waals surface area contributed by atoms with Gasteiger partial charge in [-0.3, -0.25) is 19.2 Å². The van der Waals surface area contributed by atoms with Crippen molar-refractivity contribution in [3.63, 3.8) is 0 Å². The predicted molar refractivity (Wildman–Crippen MR) is 176 cm³/mol. The van der Waals surface area contributed by atoms with Crippen LogP contribution in [0.5, 0.6) is 0 Å². The fraction of sp³-hybridized carbons (Fsp3) is 0.686. The van der Waals surface area contributed by atoms with Crippen molar-refractivity contribution in [1.29, 1.82) is 0 Å². The fourth-order valence-electron chi connectivity index (χ4n) is 4.91. The summed E-state index contributed by atoms with van der Waals surface area (Å²) in [4.78, 5) is 64.6. The highest BCUT2D eigenvalue weighted by Crippen LogP contribution is 2.23. The van der Waals surface area contributed by atoms with E-state index in [4.69, 9.17) is 14.2 Å². The fourth-order valence-corrected chi connectivity index (χ4v) is 4.91. The molecule has 1 unspecified atom stereocenters. The number of carbonyl (C=O) groups excluding carboxylic acids is 5. The largest absolute Gasteiger partial charge is 0.460 e. The van der Waals surface area contributed by atoms with Gasteiger partial charge in [-0.1, -0.05) is 32.4 Å². The van der Waals surface area contributed by atoms with Gasteiger partial charge in [-0.2, -0.15) is 0 Å². The average Bonchev–Trinajstić information content (AvgIpc) is 2.92. The number of fused-ring (bicyclic) bond motifs is 12. The SMILES string of the molecule is CC(C)[C@H]1COCCC(=O)Nc2ccc(cc2)C[C@@H](CC(=O)CC(CCCCNC(=O)OC(C)(C)C)C(=O)OC(C)(C)C)C(=O)N1. The highest BCUT2D eigenvalue weighted by Gasteiger charge is 2.31. The van der Waals surface area contributed by atoms with Crippen molar-refractivity contribution in [3.05, 3.63) is 29.8 Å². The molecule has 0 aliphatic carbocycles. The molecule has 0 spiro atoms. The molecule has 3 atom stereocenters. The smallest absolute Gasteiger partial charge is 0.407 e. The second kappa shape index (κ2) is 18.0. The first-order chi connectivity index (χ1) is 21.4. The van der Waals surface area contributed by atoms with E-state index in [1.165, 1.54) is 0 Å². The molecule has 3 N–H and O–H groups in total. The topological polar surface area (TPSA) is 149 Å². The first-order valence-corrected chi connectivity index (χ1v) is 16.4. The number of benzene rings is 1. The van der Waals surface area contributed by atoms with Gasteiger partial charge in [0.2, 0.25) is 11.8 Å². The third-order valence-electron chi connectivity index (χ3n) is 7.33. The molecule has 0 radical (unpaired) electrons. The maximum absolute atomic E-state index is 13.6. The second-order valence-corrected chi connectivity index (χ2v) is 14.4. The molecule has 11 nitrogen and oxygen atoms in total. The summed E-state index contributed by atoms with van der Waals surface area (Å²) in [5, 5.41) is 8.63. The lowest BCUT2D eigenvalue weighted by atomic mass is 9.88. The van der Waals surface area contributed by atoms with Gasteiger partial charge in [0.05, 0.1) is 31.6 Å².